The zero-order valence-electron chi connectivity index (χ0n) is 17.4. The van der Waals surface area contributed by atoms with E-state index in [2.05, 4.69) is 13.8 Å². The van der Waals surface area contributed by atoms with Crippen molar-refractivity contribution >= 4 is 28.6 Å². The molecule has 1 heterocycles. The predicted octanol–water partition coefficient (Wildman–Crippen LogP) is 4.78. The average Bonchev–Trinajstić information content (AvgIpc) is 2.75. The largest absolute Gasteiger partial charge is 0.366 e. The van der Waals surface area contributed by atoms with Crippen LogP contribution in [-0.2, 0) is 5.75 Å². The van der Waals surface area contributed by atoms with Gasteiger partial charge in [0.2, 0.25) is 5.91 Å². The Morgan fingerprint density at radius 2 is 1.97 bits per heavy atom. The Balaban J connectivity index is 1.75. The third-order valence-corrected chi connectivity index (χ3v) is 7.37. The van der Waals surface area contributed by atoms with Crippen LogP contribution in [0.1, 0.15) is 55.1 Å². The van der Waals surface area contributed by atoms with E-state index in [-0.39, 0.29) is 11.6 Å². The Labute approximate surface area is 180 Å². The Hall–Kier alpha value is -2.60. The van der Waals surface area contributed by atoms with Crippen molar-refractivity contribution in [3.05, 3.63) is 70.0 Å². The van der Waals surface area contributed by atoms with Gasteiger partial charge in [0, 0.05) is 17.4 Å². The topological polar surface area (TPSA) is 78.0 Å². The molecule has 0 radical (unpaired) electrons. The number of rotatable bonds is 5. The van der Waals surface area contributed by atoms with Gasteiger partial charge in [-0.05, 0) is 48.1 Å². The maximum atomic E-state index is 13.5. The number of thioether (sulfide) groups is 1. The summed E-state index contributed by atoms with van der Waals surface area (Å²) in [5, 5.41) is 1.41. The van der Waals surface area contributed by atoms with Crippen LogP contribution in [0.15, 0.2) is 58.5 Å². The first-order valence-corrected chi connectivity index (χ1v) is 11.5. The quantitative estimate of drug-likeness (QED) is 0.475. The van der Waals surface area contributed by atoms with E-state index < -0.39 is 5.91 Å². The minimum Gasteiger partial charge on any atom is -0.366 e. The second-order valence-corrected chi connectivity index (χ2v) is 9.22. The van der Waals surface area contributed by atoms with E-state index in [1.54, 1.807) is 17.8 Å². The van der Waals surface area contributed by atoms with E-state index in [0.29, 0.717) is 28.5 Å². The van der Waals surface area contributed by atoms with E-state index in [0.717, 1.165) is 29.1 Å². The van der Waals surface area contributed by atoms with Crippen molar-refractivity contribution in [2.45, 2.75) is 50.1 Å². The van der Waals surface area contributed by atoms with Crippen LogP contribution in [0.25, 0.3) is 10.9 Å². The molecular weight excluding hydrogens is 394 g/mol. The van der Waals surface area contributed by atoms with Crippen molar-refractivity contribution in [3.8, 4) is 0 Å². The van der Waals surface area contributed by atoms with E-state index in [1.807, 2.05) is 47.0 Å². The molecule has 0 aliphatic heterocycles. The molecular formula is C24H27N3O2S. The molecule has 156 valence electrons. The summed E-state index contributed by atoms with van der Waals surface area (Å²) in [6, 6.07) is 15.0. The second-order valence-electron chi connectivity index (χ2n) is 8.27. The molecule has 2 aromatic carbocycles. The zero-order valence-corrected chi connectivity index (χ0v) is 18.2. The predicted molar refractivity (Wildman–Crippen MR) is 122 cm³/mol. The van der Waals surface area contributed by atoms with Crippen molar-refractivity contribution in [2.75, 3.05) is 0 Å². The SMILES string of the molecule is C[C@H]1[C@H](C)CCC[C@H]1n1c(SCc2cccc(C(N)=O)c2)nc2ccccc2c1=O. The number of hydrogen-bond acceptors (Lipinski definition) is 4. The fraction of sp³-hybridized carbons (Fsp3) is 0.375. The van der Waals surface area contributed by atoms with Gasteiger partial charge in [0.15, 0.2) is 5.16 Å². The van der Waals surface area contributed by atoms with Gasteiger partial charge in [-0.3, -0.25) is 14.2 Å². The number of benzene rings is 2. The molecule has 4 rings (SSSR count). The fourth-order valence-corrected chi connectivity index (χ4v) is 5.40. The maximum absolute atomic E-state index is 13.5. The van der Waals surface area contributed by atoms with E-state index in [1.165, 1.54) is 6.42 Å². The van der Waals surface area contributed by atoms with Gasteiger partial charge >= 0.3 is 0 Å². The molecule has 0 saturated heterocycles. The molecule has 1 amide bonds. The third-order valence-electron chi connectivity index (χ3n) is 6.35. The molecule has 3 aromatic rings. The third kappa shape index (κ3) is 4.01. The minimum atomic E-state index is -0.437. The lowest BCUT2D eigenvalue weighted by molar-refractivity contribution is 0.1000. The number of aromatic nitrogens is 2. The van der Waals surface area contributed by atoms with Gasteiger partial charge in [0.25, 0.3) is 5.56 Å². The first kappa shape index (κ1) is 20.7. The fourth-order valence-electron chi connectivity index (χ4n) is 4.40. The Morgan fingerprint density at radius 3 is 2.77 bits per heavy atom. The van der Waals surface area contributed by atoms with E-state index >= 15 is 0 Å². The highest BCUT2D eigenvalue weighted by Gasteiger charge is 2.31. The number of hydrogen-bond donors (Lipinski definition) is 1. The number of primary amides is 1. The Kier molecular flexibility index (Phi) is 5.95. The Morgan fingerprint density at radius 1 is 1.17 bits per heavy atom. The van der Waals surface area contributed by atoms with Crippen LogP contribution in [-0.4, -0.2) is 15.5 Å². The smallest absolute Gasteiger partial charge is 0.262 e. The normalized spacial score (nSPS) is 21.6. The van der Waals surface area contributed by atoms with Gasteiger partial charge in [0.1, 0.15) is 0 Å². The first-order valence-electron chi connectivity index (χ1n) is 10.5. The molecule has 30 heavy (non-hydrogen) atoms. The monoisotopic (exact) mass is 421 g/mol. The molecule has 0 bridgehead atoms. The van der Waals surface area contributed by atoms with E-state index in [4.69, 9.17) is 10.7 Å². The lowest BCUT2D eigenvalue weighted by atomic mass is 9.78. The summed E-state index contributed by atoms with van der Waals surface area (Å²) in [5.74, 6) is 1.17. The highest BCUT2D eigenvalue weighted by atomic mass is 32.2. The number of carbonyl (C=O) groups is 1. The summed E-state index contributed by atoms with van der Waals surface area (Å²) in [4.78, 5) is 29.9. The van der Waals surface area contributed by atoms with Crippen molar-refractivity contribution in [1.82, 2.24) is 9.55 Å². The van der Waals surface area contributed by atoms with Gasteiger partial charge in [-0.1, -0.05) is 62.7 Å². The molecule has 5 nitrogen and oxygen atoms in total. The summed E-state index contributed by atoms with van der Waals surface area (Å²) in [6.07, 6.45) is 3.33. The number of amides is 1. The van der Waals surface area contributed by atoms with Crippen LogP contribution < -0.4 is 11.3 Å². The van der Waals surface area contributed by atoms with E-state index in [9.17, 15) is 9.59 Å². The summed E-state index contributed by atoms with van der Waals surface area (Å²) in [7, 11) is 0. The van der Waals surface area contributed by atoms with Crippen LogP contribution in [0.5, 0.6) is 0 Å². The van der Waals surface area contributed by atoms with Crippen LogP contribution in [0, 0.1) is 11.8 Å². The summed E-state index contributed by atoms with van der Waals surface area (Å²) in [6.45, 7) is 4.53. The molecule has 0 unspecified atom stereocenters. The molecule has 0 spiro atoms. The molecule has 2 N–H and O–H groups in total. The van der Waals surface area contributed by atoms with Gasteiger partial charge in [-0.25, -0.2) is 4.98 Å². The number of fused-ring (bicyclic) bond motifs is 1. The molecule has 1 aromatic heterocycles. The second kappa shape index (κ2) is 8.64. The lowest BCUT2D eigenvalue weighted by Gasteiger charge is -2.36. The standard InChI is InChI=1S/C24H27N3O2S/c1-15-7-5-12-21(16(15)2)27-23(29)19-10-3-4-11-20(19)26-24(27)30-14-17-8-6-9-18(13-17)22(25)28/h3-4,6,8-11,13,15-16,21H,5,7,12,14H2,1-2H3,(H2,25,28)/t15-,16+,21-/m1/s1. The average molecular weight is 422 g/mol. The highest BCUT2D eigenvalue weighted by Crippen LogP contribution is 2.39. The maximum Gasteiger partial charge on any atom is 0.262 e. The number of carbonyl (C=O) groups excluding carboxylic acids is 1. The first-order chi connectivity index (χ1) is 14.5. The van der Waals surface area contributed by atoms with Crippen LogP contribution >= 0.6 is 11.8 Å². The molecule has 1 aliphatic rings. The molecule has 3 atom stereocenters. The number of para-hydroxylation sites is 1. The summed E-state index contributed by atoms with van der Waals surface area (Å²) < 4.78 is 1.94. The van der Waals surface area contributed by atoms with Gasteiger partial charge in [0.05, 0.1) is 10.9 Å². The highest BCUT2D eigenvalue weighted by molar-refractivity contribution is 7.98. The molecule has 1 saturated carbocycles. The molecule has 1 aliphatic carbocycles. The van der Waals surface area contributed by atoms with Gasteiger partial charge in [-0.15, -0.1) is 0 Å². The summed E-state index contributed by atoms with van der Waals surface area (Å²) in [5.41, 5.74) is 7.66. The van der Waals surface area contributed by atoms with Crippen molar-refractivity contribution in [1.29, 1.82) is 0 Å². The van der Waals surface area contributed by atoms with Crippen molar-refractivity contribution in [3.63, 3.8) is 0 Å². The van der Waals surface area contributed by atoms with Crippen LogP contribution in [0.4, 0.5) is 0 Å². The number of nitrogens with zero attached hydrogens (tertiary/aromatic N) is 2. The lowest BCUT2D eigenvalue weighted by Crippen LogP contribution is -2.35. The van der Waals surface area contributed by atoms with Crippen molar-refractivity contribution in [2.24, 2.45) is 17.6 Å². The minimum absolute atomic E-state index is 0.0416. The van der Waals surface area contributed by atoms with Crippen LogP contribution in [0.3, 0.4) is 0 Å². The number of nitrogens with two attached hydrogens (primary N) is 1. The van der Waals surface area contributed by atoms with Crippen molar-refractivity contribution < 1.29 is 4.79 Å². The van der Waals surface area contributed by atoms with Gasteiger partial charge < -0.3 is 5.73 Å². The Bertz CT molecular complexity index is 1140. The molecule has 6 heteroatoms. The summed E-state index contributed by atoms with van der Waals surface area (Å²) >= 11 is 1.55. The molecule has 1 fully saturated rings. The van der Waals surface area contributed by atoms with Crippen LogP contribution in [0.2, 0.25) is 0 Å². The zero-order chi connectivity index (χ0) is 21.3. The van der Waals surface area contributed by atoms with Gasteiger partial charge in [-0.2, -0.15) is 0 Å².